The van der Waals surface area contributed by atoms with Crippen molar-refractivity contribution in [1.82, 2.24) is 4.98 Å². The van der Waals surface area contributed by atoms with Crippen LogP contribution in [0.15, 0.2) is 35.2 Å². The smallest absolute Gasteiger partial charge is 0.387 e. The number of alkyl halides is 2. The summed E-state index contributed by atoms with van der Waals surface area (Å²) in [5.41, 5.74) is -0.0301. The molecule has 2 rings (SSSR count). The van der Waals surface area contributed by atoms with E-state index in [0.717, 1.165) is 6.07 Å². The molecule has 6 nitrogen and oxygen atoms in total. The molecular formula is C13H10Cl2F2N2O4S. The van der Waals surface area contributed by atoms with Crippen LogP contribution in [0.4, 0.5) is 14.5 Å². The number of methoxy groups -OCH3 is 1. The summed E-state index contributed by atoms with van der Waals surface area (Å²) in [5, 5.41) is -0.302. The third-order valence-corrected chi connectivity index (χ3v) is 4.73. The Bertz CT molecular complexity index is 850. The molecule has 0 saturated heterocycles. The van der Waals surface area contributed by atoms with Crippen LogP contribution in [-0.4, -0.2) is 27.1 Å². The van der Waals surface area contributed by atoms with Crippen molar-refractivity contribution >= 4 is 38.9 Å². The fourth-order valence-electron chi connectivity index (χ4n) is 1.74. The lowest BCUT2D eigenvalue weighted by Gasteiger charge is -2.13. The van der Waals surface area contributed by atoms with E-state index in [2.05, 4.69) is 14.4 Å². The Kier molecular flexibility index (Phi) is 5.68. The number of halogens is 4. The second-order valence-corrected chi connectivity index (χ2v) is 6.67. The first-order valence-electron chi connectivity index (χ1n) is 6.20. The molecule has 130 valence electrons. The average molecular weight is 399 g/mol. The van der Waals surface area contributed by atoms with Crippen molar-refractivity contribution in [2.45, 2.75) is 11.5 Å². The van der Waals surface area contributed by atoms with E-state index in [1.54, 1.807) is 0 Å². The van der Waals surface area contributed by atoms with Crippen molar-refractivity contribution in [1.29, 1.82) is 0 Å². The summed E-state index contributed by atoms with van der Waals surface area (Å²) in [5.74, 6) is -0.308. The molecule has 24 heavy (non-hydrogen) atoms. The van der Waals surface area contributed by atoms with Crippen molar-refractivity contribution < 1.29 is 26.7 Å². The molecule has 0 radical (unpaired) electrons. The van der Waals surface area contributed by atoms with Crippen molar-refractivity contribution in [2.75, 3.05) is 11.8 Å². The molecule has 2 aromatic rings. The average Bonchev–Trinajstić information content (AvgIpc) is 2.46. The van der Waals surface area contributed by atoms with Gasteiger partial charge in [-0.3, -0.25) is 4.72 Å². The van der Waals surface area contributed by atoms with Crippen LogP contribution in [0.3, 0.4) is 0 Å². The van der Waals surface area contributed by atoms with Gasteiger partial charge in [0.05, 0.1) is 12.8 Å². The molecule has 1 aromatic carbocycles. The minimum Gasteiger partial charge on any atom is -0.493 e. The van der Waals surface area contributed by atoms with Crippen LogP contribution in [0, 0.1) is 0 Å². The highest BCUT2D eigenvalue weighted by Gasteiger charge is 2.20. The predicted molar refractivity (Wildman–Crippen MR) is 84.7 cm³/mol. The third kappa shape index (κ3) is 4.37. The minimum absolute atomic E-state index is 0.0180. The predicted octanol–water partition coefficient (Wildman–Crippen LogP) is 3.80. The van der Waals surface area contributed by atoms with Crippen LogP contribution >= 0.6 is 23.2 Å². The number of hydrogen-bond acceptors (Lipinski definition) is 5. The molecule has 11 heteroatoms. The van der Waals surface area contributed by atoms with Gasteiger partial charge in [-0.1, -0.05) is 23.2 Å². The van der Waals surface area contributed by atoms with E-state index >= 15 is 0 Å². The van der Waals surface area contributed by atoms with E-state index in [9.17, 15) is 17.2 Å². The maximum absolute atomic E-state index is 12.4. The van der Waals surface area contributed by atoms with Gasteiger partial charge in [0.2, 0.25) is 0 Å². The first-order chi connectivity index (χ1) is 11.2. The molecule has 1 aromatic heterocycles. The molecule has 0 bridgehead atoms. The lowest BCUT2D eigenvalue weighted by Crippen LogP contribution is -2.14. The van der Waals surface area contributed by atoms with Crippen LogP contribution < -0.4 is 14.2 Å². The number of sulfonamides is 1. The van der Waals surface area contributed by atoms with Crippen LogP contribution in [0.1, 0.15) is 0 Å². The maximum Gasteiger partial charge on any atom is 0.387 e. The third-order valence-electron chi connectivity index (χ3n) is 2.70. The van der Waals surface area contributed by atoms with E-state index < -0.39 is 16.6 Å². The van der Waals surface area contributed by atoms with Gasteiger partial charge in [0.1, 0.15) is 10.0 Å². The lowest BCUT2D eigenvalue weighted by molar-refractivity contribution is -0.0511. The van der Waals surface area contributed by atoms with Gasteiger partial charge < -0.3 is 9.47 Å². The lowest BCUT2D eigenvalue weighted by atomic mass is 10.3. The van der Waals surface area contributed by atoms with Crippen LogP contribution in [-0.2, 0) is 10.0 Å². The fraction of sp³-hybridized carbons (Fsp3) is 0.154. The number of rotatable bonds is 6. The number of nitrogens with one attached hydrogen (secondary N) is 1. The van der Waals surface area contributed by atoms with Crippen molar-refractivity contribution in [3.63, 3.8) is 0 Å². The summed E-state index contributed by atoms with van der Waals surface area (Å²) < 4.78 is 60.8. The number of aromatic nitrogens is 1. The second-order valence-electron chi connectivity index (χ2n) is 4.27. The number of benzene rings is 1. The van der Waals surface area contributed by atoms with Crippen LogP contribution in [0.5, 0.6) is 11.5 Å². The Morgan fingerprint density at radius 2 is 1.88 bits per heavy atom. The summed E-state index contributed by atoms with van der Waals surface area (Å²) in [4.78, 5) is 3.31. The number of ether oxygens (including phenoxy) is 2. The first kappa shape index (κ1) is 18.5. The molecule has 0 atom stereocenters. The van der Waals surface area contributed by atoms with Crippen LogP contribution in [0.2, 0.25) is 10.3 Å². The standard InChI is InChI=1S/C13H10Cl2F2N2O4S/c1-22-8-3-2-7(6-9(8)23-13(16)17)19-24(20,21)10-4-5-11(14)18-12(10)15/h2-6,13,19H,1H3. The Labute approximate surface area is 146 Å². The quantitative estimate of drug-likeness (QED) is 0.748. The summed E-state index contributed by atoms with van der Waals surface area (Å²) >= 11 is 11.4. The zero-order valence-electron chi connectivity index (χ0n) is 12.0. The molecule has 1 N–H and O–H groups in total. The van der Waals surface area contributed by atoms with E-state index in [1.165, 1.54) is 31.4 Å². The zero-order chi connectivity index (χ0) is 17.9. The Balaban J connectivity index is 2.35. The van der Waals surface area contributed by atoms with E-state index in [-0.39, 0.29) is 32.4 Å². The molecule has 0 amide bonds. The maximum atomic E-state index is 12.4. The van der Waals surface area contributed by atoms with Gasteiger partial charge >= 0.3 is 6.61 Å². The molecule has 0 fully saturated rings. The van der Waals surface area contributed by atoms with Gasteiger partial charge in [-0.15, -0.1) is 0 Å². The molecule has 0 spiro atoms. The van der Waals surface area contributed by atoms with E-state index in [4.69, 9.17) is 27.9 Å². The highest BCUT2D eigenvalue weighted by molar-refractivity contribution is 7.92. The SMILES string of the molecule is COc1ccc(NS(=O)(=O)c2ccc(Cl)nc2Cl)cc1OC(F)F. The minimum atomic E-state index is -4.11. The summed E-state index contributed by atoms with van der Waals surface area (Å²) in [6, 6.07) is 6.06. The van der Waals surface area contributed by atoms with E-state index in [1.807, 2.05) is 0 Å². The normalized spacial score (nSPS) is 11.4. The molecule has 0 saturated carbocycles. The molecule has 0 aliphatic carbocycles. The summed E-state index contributed by atoms with van der Waals surface area (Å²) in [6.07, 6.45) is 0. The largest absolute Gasteiger partial charge is 0.493 e. The Morgan fingerprint density at radius 3 is 2.46 bits per heavy atom. The van der Waals surface area contributed by atoms with Gasteiger partial charge in [0.15, 0.2) is 16.7 Å². The number of hydrogen-bond donors (Lipinski definition) is 1. The van der Waals surface area contributed by atoms with Gasteiger partial charge in [-0.25, -0.2) is 13.4 Å². The first-order valence-corrected chi connectivity index (χ1v) is 8.44. The van der Waals surface area contributed by atoms with Gasteiger partial charge in [0.25, 0.3) is 10.0 Å². The van der Waals surface area contributed by atoms with Gasteiger partial charge in [-0.2, -0.15) is 8.78 Å². The Morgan fingerprint density at radius 1 is 1.17 bits per heavy atom. The van der Waals surface area contributed by atoms with Crippen molar-refractivity contribution in [3.8, 4) is 11.5 Å². The number of pyridine rings is 1. The van der Waals surface area contributed by atoms with Crippen LogP contribution in [0.25, 0.3) is 0 Å². The highest BCUT2D eigenvalue weighted by atomic mass is 35.5. The van der Waals surface area contributed by atoms with Crippen molar-refractivity contribution in [3.05, 3.63) is 40.6 Å². The molecule has 0 unspecified atom stereocenters. The fourth-order valence-corrected chi connectivity index (χ4v) is 3.45. The summed E-state index contributed by atoms with van der Waals surface area (Å²) in [6.45, 7) is -3.10. The molecule has 0 aliphatic heterocycles. The summed E-state index contributed by atoms with van der Waals surface area (Å²) in [7, 11) is -2.85. The highest BCUT2D eigenvalue weighted by Crippen LogP contribution is 2.33. The number of anilines is 1. The monoisotopic (exact) mass is 398 g/mol. The number of nitrogens with zero attached hydrogens (tertiary/aromatic N) is 1. The van der Waals surface area contributed by atoms with Gasteiger partial charge in [0, 0.05) is 6.07 Å². The molecular weight excluding hydrogens is 389 g/mol. The zero-order valence-corrected chi connectivity index (χ0v) is 14.3. The Hall–Kier alpha value is -1.84. The van der Waals surface area contributed by atoms with Gasteiger partial charge in [-0.05, 0) is 24.3 Å². The van der Waals surface area contributed by atoms with Crippen molar-refractivity contribution in [2.24, 2.45) is 0 Å². The second kappa shape index (κ2) is 7.37. The molecule has 1 heterocycles. The topological polar surface area (TPSA) is 77.5 Å². The molecule has 0 aliphatic rings. The van der Waals surface area contributed by atoms with E-state index in [0.29, 0.717) is 0 Å².